The number of thioether (sulfide) groups is 2. The smallest absolute Gasteiger partial charge is 0.326 e. The zero-order valence-corrected chi connectivity index (χ0v) is 22.5. The van der Waals surface area contributed by atoms with Crippen LogP contribution in [0, 0.1) is 5.92 Å². The molecule has 4 atom stereocenters. The van der Waals surface area contributed by atoms with Crippen molar-refractivity contribution in [3.05, 3.63) is 0 Å². The zero-order valence-electron chi connectivity index (χ0n) is 20.9. The lowest BCUT2D eigenvalue weighted by atomic mass is 10.0. The molecule has 0 radical (unpaired) electrons. The van der Waals surface area contributed by atoms with Crippen molar-refractivity contribution in [1.29, 1.82) is 0 Å². The number of hydrogen-bond acceptors (Lipinski definition) is 8. The van der Waals surface area contributed by atoms with E-state index in [0.29, 0.717) is 43.7 Å². The van der Waals surface area contributed by atoms with Crippen LogP contribution in [0.3, 0.4) is 0 Å². The van der Waals surface area contributed by atoms with Crippen LogP contribution in [-0.4, -0.2) is 89.5 Å². The quantitative estimate of drug-likeness (QED) is 0.0650. The first kappa shape index (κ1) is 32.8. The van der Waals surface area contributed by atoms with Crippen molar-refractivity contribution < 1.29 is 24.3 Å². The van der Waals surface area contributed by atoms with Crippen molar-refractivity contribution in [2.45, 2.75) is 63.7 Å². The summed E-state index contributed by atoms with van der Waals surface area (Å²) in [4.78, 5) is 53.8. The molecule has 0 rings (SSSR count). The van der Waals surface area contributed by atoms with Crippen LogP contribution in [0.4, 0.5) is 0 Å². The molecule has 0 bridgehead atoms. The van der Waals surface area contributed by atoms with Crippen LogP contribution in [0.5, 0.6) is 0 Å². The average Bonchev–Trinajstić information content (AvgIpc) is 2.79. The lowest BCUT2D eigenvalue weighted by Crippen LogP contribution is -2.57. The maximum atomic E-state index is 13.0. The van der Waals surface area contributed by atoms with Gasteiger partial charge in [-0.25, -0.2) is 4.79 Å². The summed E-state index contributed by atoms with van der Waals surface area (Å²) in [5, 5.41) is 17.2. The van der Waals surface area contributed by atoms with Gasteiger partial charge in [0.1, 0.15) is 18.1 Å². The minimum atomic E-state index is -1.15. The first-order chi connectivity index (χ1) is 16.4. The Morgan fingerprint density at radius 3 is 1.77 bits per heavy atom. The predicted molar refractivity (Wildman–Crippen MR) is 142 cm³/mol. The van der Waals surface area contributed by atoms with Crippen molar-refractivity contribution in [3.8, 4) is 0 Å². The number of nitrogens with zero attached hydrogens (tertiary/aromatic N) is 1. The molecule has 35 heavy (non-hydrogen) atoms. The summed E-state index contributed by atoms with van der Waals surface area (Å²) in [6, 6.07) is -3.78. The third-order valence-electron chi connectivity index (χ3n) is 5.02. The van der Waals surface area contributed by atoms with E-state index in [1.54, 1.807) is 13.8 Å². The Balaban J connectivity index is 5.31. The van der Waals surface area contributed by atoms with E-state index < -0.39 is 47.9 Å². The highest BCUT2D eigenvalue weighted by Crippen LogP contribution is 2.08. The molecule has 4 unspecified atom stereocenters. The fraction of sp³-hybridized carbons (Fsp3) is 0.762. The molecule has 3 amide bonds. The van der Waals surface area contributed by atoms with Gasteiger partial charge in [0.15, 0.2) is 5.96 Å². The Hall–Kier alpha value is -2.19. The Morgan fingerprint density at radius 2 is 1.34 bits per heavy atom. The van der Waals surface area contributed by atoms with Gasteiger partial charge in [-0.2, -0.15) is 23.5 Å². The van der Waals surface area contributed by atoms with E-state index in [0.717, 1.165) is 0 Å². The molecule has 0 saturated carbocycles. The second kappa shape index (κ2) is 18.1. The molecule has 0 aromatic rings. The molecule has 202 valence electrons. The van der Waals surface area contributed by atoms with E-state index in [4.69, 9.17) is 17.2 Å². The van der Waals surface area contributed by atoms with Crippen molar-refractivity contribution in [3.63, 3.8) is 0 Å². The van der Waals surface area contributed by atoms with Gasteiger partial charge in [0.25, 0.3) is 0 Å². The van der Waals surface area contributed by atoms with Gasteiger partial charge in [0.05, 0.1) is 6.04 Å². The molecular formula is C21H41N7O5S2. The SMILES string of the molecule is CSCCC(NC(=O)C(N)CCCN=C(N)N)C(=O)NC(CCSC)C(=O)NC(C(=O)O)C(C)C. The van der Waals surface area contributed by atoms with Gasteiger partial charge < -0.3 is 38.3 Å². The van der Waals surface area contributed by atoms with Gasteiger partial charge in [-0.05, 0) is 55.6 Å². The van der Waals surface area contributed by atoms with E-state index in [1.165, 1.54) is 23.5 Å². The average molecular weight is 536 g/mol. The standard InChI is InChI=1S/C21H41N7O5S2/c1-12(2)16(20(32)33)28-19(31)15(8-11-35-4)27-18(30)14(7-10-34-3)26-17(29)13(22)6-5-9-25-21(23)24/h12-16H,5-11,22H2,1-4H3,(H,26,29)(H,27,30)(H,28,31)(H,32,33)(H4,23,24,25). The van der Waals surface area contributed by atoms with Gasteiger partial charge in [-0.1, -0.05) is 13.8 Å². The lowest BCUT2D eigenvalue weighted by molar-refractivity contribution is -0.143. The van der Waals surface area contributed by atoms with Crippen LogP contribution in [0.2, 0.25) is 0 Å². The Morgan fingerprint density at radius 1 is 0.857 bits per heavy atom. The Labute approximate surface area is 215 Å². The molecule has 0 aromatic heterocycles. The highest BCUT2D eigenvalue weighted by molar-refractivity contribution is 7.98. The van der Waals surface area contributed by atoms with Crippen LogP contribution < -0.4 is 33.2 Å². The molecule has 12 nitrogen and oxygen atoms in total. The summed E-state index contributed by atoms with van der Waals surface area (Å²) in [7, 11) is 0. The van der Waals surface area contributed by atoms with Crippen LogP contribution in [0.25, 0.3) is 0 Å². The second-order valence-electron chi connectivity index (χ2n) is 8.31. The highest BCUT2D eigenvalue weighted by Gasteiger charge is 2.31. The van der Waals surface area contributed by atoms with Crippen molar-refractivity contribution in [1.82, 2.24) is 16.0 Å². The number of nitrogens with one attached hydrogen (secondary N) is 3. The number of guanidine groups is 1. The largest absolute Gasteiger partial charge is 0.480 e. The monoisotopic (exact) mass is 535 g/mol. The number of carboxylic acids is 1. The summed E-state index contributed by atoms with van der Waals surface area (Å²) in [5.74, 6) is -1.98. The predicted octanol–water partition coefficient (Wildman–Crippen LogP) is -0.931. The van der Waals surface area contributed by atoms with E-state index in [2.05, 4.69) is 20.9 Å². The van der Waals surface area contributed by atoms with Crippen LogP contribution >= 0.6 is 23.5 Å². The minimum Gasteiger partial charge on any atom is -0.480 e. The fourth-order valence-corrected chi connectivity index (χ4v) is 3.92. The summed E-state index contributed by atoms with van der Waals surface area (Å²) in [6.45, 7) is 3.70. The van der Waals surface area contributed by atoms with Crippen LogP contribution in [0.1, 0.15) is 39.5 Å². The molecular weight excluding hydrogens is 494 g/mol. The molecule has 0 saturated heterocycles. The number of carbonyl (C=O) groups excluding carboxylic acids is 3. The molecule has 10 N–H and O–H groups in total. The maximum Gasteiger partial charge on any atom is 0.326 e. The number of aliphatic carboxylic acids is 1. The van der Waals surface area contributed by atoms with Crippen molar-refractivity contribution in [2.75, 3.05) is 30.6 Å². The summed E-state index contributed by atoms with van der Waals surface area (Å²) >= 11 is 3.00. The first-order valence-corrected chi connectivity index (χ1v) is 14.2. The van der Waals surface area contributed by atoms with Gasteiger partial charge in [-0.15, -0.1) is 0 Å². The van der Waals surface area contributed by atoms with E-state index in [-0.39, 0.29) is 11.9 Å². The van der Waals surface area contributed by atoms with Crippen molar-refractivity contribution >= 4 is 53.2 Å². The van der Waals surface area contributed by atoms with E-state index in [9.17, 15) is 24.3 Å². The molecule has 0 aromatic carbocycles. The van der Waals surface area contributed by atoms with E-state index in [1.807, 2.05) is 12.5 Å². The number of aliphatic imine (C=N–C) groups is 1. The normalized spacial score (nSPS) is 14.3. The maximum absolute atomic E-state index is 13.0. The van der Waals surface area contributed by atoms with Gasteiger partial charge in [-0.3, -0.25) is 19.4 Å². The van der Waals surface area contributed by atoms with E-state index >= 15 is 0 Å². The van der Waals surface area contributed by atoms with Crippen LogP contribution in [-0.2, 0) is 19.2 Å². The lowest BCUT2D eigenvalue weighted by Gasteiger charge is -2.26. The molecule has 0 spiro atoms. The molecule has 0 aliphatic carbocycles. The summed E-state index contributed by atoms with van der Waals surface area (Å²) in [5.41, 5.74) is 16.5. The minimum absolute atomic E-state index is 0.0417. The Bertz CT molecular complexity index is 720. The number of hydrogen-bond donors (Lipinski definition) is 7. The topological polar surface area (TPSA) is 215 Å². The number of carbonyl (C=O) groups is 4. The van der Waals surface area contributed by atoms with Gasteiger partial charge in [0.2, 0.25) is 17.7 Å². The number of amides is 3. The fourth-order valence-electron chi connectivity index (χ4n) is 2.98. The number of nitrogens with two attached hydrogens (primary N) is 3. The second-order valence-corrected chi connectivity index (χ2v) is 10.3. The van der Waals surface area contributed by atoms with Crippen LogP contribution in [0.15, 0.2) is 4.99 Å². The molecule has 14 heteroatoms. The summed E-state index contributed by atoms with van der Waals surface area (Å²) in [6.07, 6.45) is 5.19. The summed E-state index contributed by atoms with van der Waals surface area (Å²) < 4.78 is 0. The van der Waals surface area contributed by atoms with Crippen molar-refractivity contribution in [2.24, 2.45) is 28.1 Å². The van der Waals surface area contributed by atoms with Gasteiger partial charge in [0, 0.05) is 6.54 Å². The first-order valence-electron chi connectivity index (χ1n) is 11.4. The Kier molecular flexibility index (Phi) is 17.0. The molecule has 0 fully saturated rings. The zero-order chi connectivity index (χ0) is 27.0. The third-order valence-corrected chi connectivity index (χ3v) is 6.31. The number of rotatable bonds is 18. The number of carboxylic acid groups (broad SMARTS) is 1. The van der Waals surface area contributed by atoms with Gasteiger partial charge >= 0.3 is 5.97 Å². The molecule has 0 aliphatic rings. The molecule has 0 heterocycles. The highest BCUT2D eigenvalue weighted by atomic mass is 32.2. The molecule has 0 aliphatic heterocycles. The third kappa shape index (κ3) is 14.1.